The normalized spacial score (nSPS) is 38.3. The summed E-state index contributed by atoms with van der Waals surface area (Å²) in [5.41, 5.74) is 6.34. The second-order valence-corrected chi connectivity index (χ2v) is 6.30. The highest BCUT2D eigenvalue weighted by Gasteiger charge is 2.46. The van der Waals surface area contributed by atoms with Crippen molar-refractivity contribution in [2.45, 2.75) is 56.9 Å². The van der Waals surface area contributed by atoms with Crippen molar-refractivity contribution in [3.63, 3.8) is 0 Å². The molecule has 3 aliphatic rings. The van der Waals surface area contributed by atoms with Gasteiger partial charge in [-0.3, -0.25) is 4.90 Å². The molecule has 4 heteroatoms. The number of hydrogen-bond acceptors (Lipinski definition) is 4. The molecule has 3 rings (SSSR count). The zero-order valence-corrected chi connectivity index (χ0v) is 11.4. The van der Waals surface area contributed by atoms with Crippen LogP contribution in [0.1, 0.15) is 39.0 Å². The molecule has 2 saturated heterocycles. The smallest absolute Gasteiger partial charge is 0.170 e. The van der Waals surface area contributed by atoms with Crippen molar-refractivity contribution in [2.24, 2.45) is 11.7 Å². The van der Waals surface area contributed by atoms with Crippen LogP contribution in [0.15, 0.2) is 0 Å². The number of rotatable bonds is 1. The predicted octanol–water partition coefficient (Wildman–Crippen LogP) is 1.34. The van der Waals surface area contributed by atoms with Crippen LogP contribution in [-0.4, -0.2) is 49.1 Å². The van der Waals surface area contributed by atoms with Crippen LogP contribution in [0.4, 0.5) is 0 Å². The fraction of sp³-hybridized carbons (Fsp3) is 1.00. The summed E-state index contributed by atoms with van der Waals surface area (Å²) < 4.78 is 11.7. The lowest BCUT2D eigenvalue weighted by Crippen LogP contribution is -2.57. The van der Waals surface area contributed by atoms with E-state index in [1.54, 1.807) is 0 Å². The summed E-state index contributed by atoms with van der Waals surface area (Å²) in [6.45, 7) is 6.23. The molecule has 2 unspecified atom stereocenters. The summed E-state index contributed by atoms with van der Waals surface area (Å²) in [6.07, 6.45) is 5.56. The number of likely N-dealkylation sites (tertiary alicyclic amines) is 1. The molecule has 0 aromatic heterocycles. The highest BCUT2D eigenvalue weighted by atomic mass is 16.7. The van der Waals surface area contributed by atoms with E-state index in [4.69, 9.17) is 15.2 Å². The lowest BCUT2D eigenvalue weighted by Gasteiger charge is -2.46. The molecule has 2 atom stereocenters. The van der Waals surface area contributed by atoms with Crippen molar-refractivity contribution in [3.8, 4) is 0 Å². The molecule has 1 saturated carbocycles. The molecule has 1 aliphatic carbocycles. The number of piperidine rings is 1. The first kappa shape index (κ1) is 12.9. The Hall–Kier alpha value is -0.160. The first-order chi connectivity index (χ1) is 8.69. The highest BCUT2D eigenvalue weighted by molar-refractivity contribution is 4.95. The molecule has 3 fully saturated rings. The van der Waals surface area contributed by atoms with Crippen LogP contribution in [0.2, 0.25) is 0 Å². The zero-order chi connectivity index (χ0) is 12.6. The van der Waals surface area contributed by atoms with Gasteiger partial charge in [-0.05, 0) is 38.3 Å². The van der Waals surface area contributed by atoms with Gasteiger partial charge in [-0.2, -0.15) is 0 Å². The molecule has 0 radical (unpaired) electrons. The van der Waals surface area contributed by atoms with Crippen molar-refractivity contribution < 1.29 is 9.47 Å². The van der Waals surface area contributed by atoms with Gasteiger partial charge in [0.1, 0.15) is 0 Å². The number of hydrogen-bond donors (Lipinski definition) is 1. The van der Waals surface area contributed by atoms with E-state index in [2.05, 4.69) is 11.8 Å². The van der Waals surface area contributed by atoms with Crippen molar-refractivity contribution >= 4 is 0 Å². The van der Waals surface area contributed by atoms with Crippen molar-refractivity contribution in [1.29, 1.82) is 0 Å². The van der Waals surface area contributed by atoms with Crippen LogP contribution in [0.25, 0.3) is 0 Å². The van der Waals surface area contributed by atoms with Crippen LogP contribution in [0, 0.1) is 5.92 Å². The summed E-state index contributed by atoms with van der Waals surface area (Å²) in [6, 6.07) is 0.737. The molecule has 0 amide bonds. The van der Waals surface area contributed by atoms with Gasteiger partial charge in [-0.15, -0.1) is 0 Å². The second kappa shape index (κ2) is 5.08. The SMILES string of the molecule is CC1CCN(C2CC3(CCC2N)OCCO3)CC1. The van der Waals surface area contributed by atoms with Crippen molar-refractivity contribution in [1.82, 2.24) is 4.90 Å². The third kappa shape index (κ3) is 2.44. The Morgan fingerprint density at radius 3 is 2.44 bits per heavy atom. The molecule has 0 aromatic rings. The molecular formula is C14H26N2O2. The van der Waals surface area contributed by atoms with Gasteiger partial charge >= 0.3 is 0 Å². The standard InChI is InChI=1S/C14H26N2O2/c1-11-3-6-16(7-4-11)13-10-14(5-2-12(13)15)17-8-9-18-14/h11-13H,2-10,15H2,1H3. The molecule has 1 spiro atoms. The van der Waals surface area contributed by atoms with E-state index in [9.17, 15) is 0 Å². The van der Waals surface area contributed by atoms with E-state index in [1.807, 2.05) is 0 Å². The van der Waals surface area contributed by atoms with Crippen molar-refractivity contribution in [3.05, 3.63) is 0 Å². The minimum atomic E-state index is -0.302. The lowest BCUT2D eigenvalue weighted by molar-refractivity contribution is -0.192. The number of nitrogens with two attached hydrogens (primary N) is 1. The first-order valence-electron chi connectivity index (χ1n) is 7.46. The molecule has 2 heterocycles. The summed E-state index contributed by atoms with van der Waals surface area (Å²) in [7, 11) is 0. The molecule has 18 heavy (non-hydrogen) atoms. The summed E-state index contributed by atoms with van der Waals surface area (Å²) in [5.74, 6) is 0.567. The maximum atomic E-state index is 6.34. The number of nitrogens with zero attached hydrogens (tertiary/aromatic N) is 1. The Kier molecular flexibility index (Phi) is 3.63. The molecule has 4 nitrogen and oxygen atoms in total. The van der Waals surface area contributed by atoms with Gasteiger partial charge in [-0.25, -0.2) is 0 Å². The van der Waals surface area contributed by atoms with Crippen LogP contribution in [0.5, 0.6) is 0 Å². The lowest BCUT2D eigenvalue weighted by atomic mass is 9.83. The Labute approximate surface area is 110 Å². The second-order valence-electron chi connectivity index (χ2n) is 6.30. The average Bonchev–Trinajstić information content (AvgIpc) is 2.82. The third-order valence-corrected chi connectivity index (χ3v) is 4.97. The first-order valence-corrected chi connectivity index (χ1v) is 7.46. The largest absolute Gasteiger partial charge is 0.347 e. The predicted molar refractivity (Wildman–Crippen MR) is 70.2 cm³/mol. The van der Waals surface area contributed by atoms with Gasteiger partial charge in [0.15, 0.2) is 5.79 Å². The highest BCUT2D eigenvalue weighted by Crippen LogP contribution is 2.38. The summed E-state index contributed by atoms with van der Waals surface area (Å²) in [5, 5.41) is 0. The Morgan fingerprint density at radius 2 is 1.78 bits per heavy atom. The Bertz CT molecular complexity index is 284. The zero-order valence-electron chi connectivity index (χ0n) is 11.4. The van der Waals surface area contributed by atoms with E-state index in [-0.39, 0.29) is 11.8 Å². The van der Waals surface area contributed by atoms with E-state index in [0.717, 1.165) is 38.4 Å². The van der Waals surface area contributed by atoms with Gasteiger partial charge < -0.3 is 15.2 Å². The Balaban J connectivity index is 1.65. The van der Waals surface area contributed by atoms with Gasteiger partial charge in [-0.1, -0.05) is 6.92 Å². The van der Waals surface area contributed by atoms with Gasteiger partial charge in [0.05, 0.1) is 13.2 Å². The minimum absolute atomic E-state index is 0.289. The maximum absolute atomic E-state index is 6.34. The van der Waals surface area contributed by atoms with Crippen molar-refractivity contribution in [2.75, 3.05) is 26.3 Å². The van der Waals surface area contributed by atoms with Gasteiger partial charge in [0.25, 0.3) is 0 Å². The van der Waals surface area contributed by atoms with Crippen LogP contribution in [-0.2, 0) is 9.47 Å². The number of ether oxygens (including phenoxy) is 2. The molecule has 0 bridgehead atoms. The fourth-order valence-electron chi connectivity index (χ4n) is 3.67. The fourth-order valence-corrected chi connectivity index (χ4v) is 3.67. The van der Waals surface area contributed by atoms with Crippen LogP contribution >= 0.6 is 0 Å². The van der Waals surface area contributed by atoms with Gasteiger partial charge in [0.2, 0.25) is 0 Å². The Morgan fingerprint density at radius 1 is 1.11 bits per heavy atom. The molecule has 2 aliphatic heterocycles. The molecule has 104 valence electrons. The van der Waals surface area contributed by atoms with E-state index in [1.165, 1.54) is 25.9 Å². The minimum Gasteiger partial charge on any atom is -0.347 e. The van der Waals surface area contributed by atoms with Crippen LogP contribution in [0.3, 0.4) is 0 Å². The van der Waals surface area contributed by atoms with Gasteiger partial charge in [0, 0.05) is 24.9 Å². The maximum Gasteiger partial charge on any atom is 0.170 e. The summed E-state index contributed by atoms with van der Waals surface area (Å²) in [4.78, 5) is 2.58. The van der Waals surface area contributed by atoms with E-state index in [0.29, 0.717) is 6.04 Å². The summed E-state index contributed by atoms with van der Waals surface area (Å²) >= 11 is 0. The van der Waals surface area contributed by atoms with E-state index < -0.39 is 0 Å². The third-order valence-electron chi connectivity index (χ3n) is 4.97. The monoisotopic (exact) mass is 254 g/mol. The van der Waals surface area contributed by atoms with Crippen LogP contribution < -0.4 is 5.73 Å². The quantitative estimate of drug-likeness (QED) is 0.767. The molecule has 2 N–H and O–H groups in total. The van der Waals surface area contributed by atoms with E-state index >= 15 is 0 Å². The molecule has 0 aromatic carbocycles. The topological polar surface area (TPSA) is 47.7 Å². The molecular weight excluding hydrogens is 228 g/mol. The average molecular weight is 254 g/mol.